The number of rotatable bonds is 3. The minimum Gasteiger partial charge on any atom is -0.461 e. The summed E-state index contributed by atoms with van der Waals surface area (Å²) in [6, 6.07) is 7.56. The summed E-state index contributed by atoms with van der Waals surface area (Å²) in [6.45, 7) is 4.07. The van der Waals surface area contributed by atoms with Crippen molar-refractivity contribution >= 4 is 17.6 Å². The Morgan fingerprint density at radius 1 is 1.39 bits per heavy atom. The van der Waals surface area contributed by atoms with Crippen LogP contribution in [0.4, 0.5) is 0 Å². The average Bonchev–Trinajstić information content (AvgIpc) is 2.82. The minimum atomic E-state index is -0.353. The van der Waals surface area contributed by atoms with Gasteiger partial charge in [-0.3, -0.25) is 0 Å². The number of carbonyl (C=O) groups excluding carboxylic acids is 1. The van der Waals surface area contributed by atoms with Gasteiger partial charge < -0.3 is 9.72 Å². The number of nitrogens with one attached hydrogen (secondary N) is 1. The van der Waals surface area contributed by atoms with Crippen LogP contribution in [0.2, 0.25) is 5.02 Å². The summed E-state index contributed by atoms with van der Waals surface area (Å²) in [5.41, 5.74) is 3.16. The summed E-state index contributed by atoms with van der Waals surface area (Å²) in [7, 11) is 0. The molecule has 0 fully saturated rings. The van der Waals surface area contributed by atoms with Gasteiger partial charge >= 0.3 is 5.97 Å². The molecule has 0 spiro atoms. The standard InChI is InChI=1S/C14H14ClNO2/c1-3-18-14(17)13-11(6-7-16-13)10-5-4-9(2)12(15)8-10/h4-8,16H,3H2,1-2H3. The van der Waals surface area contributed by atoms with E-state index in [4.69, 9.17) is 16.3 Å². The molecule has 18 heavy (non-hydrogen) atoms. The molecule has 0 radical (unpaired) electrons. The Kier molecular flexibility index (Phi) is 3.72. The molecule has 2 rings (SSSR count). The molecule has 0 saturated heterocycles. The van der Waals surface area contributed by atoms with Crippen LogP contribution in [0.25, 0.3) is 11.1 Å². The number of ether oxygens (including phenoxy) is 1. The van der Waals surface area contributed by atoms with E-state index in [1.54, 1.807) is 13.1 Å². The Balaban J connectivity index is 2.42. The maximum absolute atomic E-state index is 11.8. The van der Waals surface area contributed by atoms with Gasteiger partial charge in [-0.1, -0.05) is 23.7 Å². The Labute approximate surface area is 111 Å². The number of benzene rings is 1. The number of H-pyrrole nitrogens is 1. The highest BCUT2D eigenvalue weighted by Gasteiger charge is 2.15. The lowest BCUT2D eigenvalue weighted by molar-refractivity contribution is 0.0521. The molecule has 1 N–H and O–H groups in total. The number of esters is 1. The van der Waals surface area contributed by atoms with Gasteiger partial charge in [0.1, 0.15) is 5.69 Å². The number of aryl methyl sites for hydroxylation is 1. The molecule has 1 heterocycles. The molecule has 3 nitrogen and oxygen atoms in total. The molecule has 0 amide bonds. The smallest absolute Gasteiger partial charge is 0.355 e. The molecule has 4 heteroatoms. The van der Waals surface area contributed by atoms with Crippen LogP contribution in [0.3, 0.4) is 0 Å². The van der Waals surface area contributed by atoms with E-state index in [0.717, 1.165) is 16.7 Å². The molecule has 94 valence electrons. The van der Waals surface area contributed by atoms with Gasteiger partial charge in [0.15, 0.2) is 0 Å². The van der Waals surface area contributed by atoms with Gasteiger partial charge in [0, 0.05) is 16.8 Å². The molecule has 0 bridgehead atoms. The minimum absolute atomic E-state index is 0.353. The first-order chi connectivity index (χ1) is 8.63. The Morgan fingerprint density at radius 2 is 2.17 bits per heavy atom. The molecule has 2 aromatic rings. The Morgan fingerprint density at radius 3 is 2.83 bits per heavy atom. The maximum Gasteiger partial charge on any atom is 0.355 e. The van der Waals surface area contributed by atoms with E-state index in [1.165, 1.54) is 0 Å². The first-order valence-electron chi connectivity index (χ1n) is 5.74. The van der Waals surface area contributed by atoms with Crippen LogP contribution in [0.5, 0.6) is 0 Å². The van der Waals surface area contributed by atoms with Crippen LogP contribution in [-0.2, 0) is 4.74 Å². The predicted octanol–water partition coefficient (Wildman–Crippen LogP) is 3.82. The zero-order valence-corrected chi connectivity index (χ0v) is 11.0. The van der Waals surface area contributed by atoms with Crippen molar-refractivity contribution in [1.82, 2.24) is 4.98 Å². The number of hydrogen-bond acceptors (Lipinski definition) is 2. The van der Waals surface area contributed by atoms with Gasteiger partial charge in [0.2, 0.25) is 0 Å². The molecule has 0 saturated carbocycles. The first kappa shape index (κ1) is 12.7. The molecule has 0 unspecified atom stereocenters. The number of carbonyl (C=O) groups is 1. The largest absolute Gasteiger partial charge is 0.461 e. The van der Waals surface area contributed by atoms with Crippen molar-refractivity contribution < 1.29 is 9.53 Å². The van der Waals surface area contributed by atoms with Gasteiger partial charge in [-0.2, -0.15) is 0 Å². The highest BCUT2D eigenvalue weighted by Crippen LogP contribution is 2.27. The second-order valence-corrected chi connectivity index (χ2v) is 4.36. The van der Waals surface area contributed by atoms with E-state index in [1.807, 2.05) is 31.2 Å². The second kappa shape index (κ2) is 5.27. The van der Waals surface area contributed by atoms with E-state index in [-0.39, 0.29) is 5.97 Å². The number of hydrogen-bond donors (Lipinski definition) is 1. The lowest BCUT2D eigenvalue weighted by Gasteiger charge is -2.06. The summed E-state index contributed by atoms with van der Waals surface area (Å²) in [4.78, 5) is 14.7. The molecule has 0 aliphatic rings. The van der Waals surface area contributed by atoms with Crippen molar-refractivity contribution in [3.05, 3.63) is 46.7 Å². The predicted molar refractivity (Wildman–Crippen MR) is 71.9 cm³/mol. The van der Waals surface area contributed by atoms with Crippen LogP contribution < -0.4 is 0 Å². The number of aromatic nitrogens is 1. The topological polar surface area (TPSA) is 42.1 Å². The third-order valence-corrected chi connectivity index (χ3v) is 3.12. The normalized spacial score (nSPS) is 10.4. The molecule has 0 atom stereocenters. The molecule has 1 aromatic heterocycles. The Bertz CT molecular complexity index is 575. The fraction of sp³-hybridized carbons (Fsp3) is 0.214. The third kappa shape index (κ3) is 2.41. The van der Waals surface area contributed by atoms with E-state index in [2.05, 4.69) is 4.98 Å². The van der Waals surface area contributed by atoms with E-state index in [0.29, 0.717) is 17.3 Å². The molecule has 0 aliphatic heterocycles. The zero-order valence-electron chi connectivity index (χ0n) is 10.3. The summed E-state index contributed by atoms with van der Waals surface area (Å²) < 4.78 is 5.00. The van der Waals surface area contributed by atoms with Crippen molar-refractivity contribution in [2.45, 2.75) is 13.8 Å². The van der Waals surface area contributed by atoms with E-state index in [9.17, 15) is 4.79 Å². The molecular formula is C14H14ClNO2. The monoisotopic (exact) mass is 263 g/mol. The van der Waals surface area contributed by atoms with E-state index >= 15 is 0 Å². The molecule has 1 aromatic carbocycles. The summed E-state index contributed by atoms with van der Waals surface area (Å²) >= 11 is 6.10. The Hall–Kier alpha value is -1.74. The average molecular weight is 264 g/mol. The fourth-order valence-electron chi connectivity index (χ4n) is 1.74. The number of halogens is 1. The second-order valence-electron chi connectivity index (χ2n) is 3.95. The summed E-state index contributed by atoms with van der Waals surface area (Å²) in [5.74, 6) is -0.353. The van der Waals surface area contributed by atoms with Crippen LogP contribution in [0.15, 0.2) is 30.5 Å². The summed E-state index contributed by atoms with van der Waals surface area (Å²) in [5, 5.41) is 0.684. The number of aromatic amines is 1. The van der Waals surface area contributed by atoms with Gasteiger partial charge in [-0.15, -0.1) is 0 Å². The third-order valence-electron chi connectivity index (χ3n) is 2.71. The molecule has 0 aliphatic carbocycles. The fourth-order valence-corrected chi connectivity index (χ4v) is 1.92. The SMILES string of the molecule is CCOC(=O)c1[nH]ccc1-c1ccc(C)c(Cl)c1. The van der Waals surface area contributed by atoms with Gasteiger partial charge in [0.25, 0.3) is 0 Å². The lowest BCUT2D eigenvalue weighted by atomic mass is 10.0. The highest BCUT2D eigenvalue weighted by molar-refractivity contribution is 6.31. The molecular weight excluding hydrogens is 250 g/mol. The van der Waals surface area contributed by atoms with Crippen molar-refractivity contribution in [3.63, 3.8) is 0 Å². The van der Waals surface area contributed by atoms with Gasteiger partial charge in [-0.25, -0.2) is 4.79 Å². The van der Waals surface area contributed by atoms with Crippen LogP contribution in [0.1, 0.15) is 23.0 Å². The van der Waals surface area contributed by atoms with Crippen molar-refractivity contribution in [3.8, 4) is 11.1 Å². The quantitative estimate of drug-likeness (QED) is 0.856. The summed E-state index contributed by atoms with van der Waals surface area (Å²) in [6.07, 6.45) is 1.72. The lowest BCUT2D eigenvalue weighted by Crippen LogP contribution is -2.06. The van der Waals surface area contributed by atoms with Crippen molar-refractivity contribution in [1.29, 1.82) is 0 Å². The highest BCUT2D eigenvalue weighted by atomic mass is 35.5. The van der Waals surface area contributed by atoms with Gasteiger partial charge in [0.05, 0.1) is 6.61 Å². The zero-order chi connectivity index (χ0) is 13.1. The van der Waals surface area contributed by atoms with Crippen LogP contribution in [-0.4, -0.2) is 17.6 Å². The van der Waals surface area contributed by atoms with Crippen molar-refractivity contribution in [2.24, 2.45) is 0 Å². The first-order valence-corrected chi connectivity index (χ1v) is 6.12. The van der Waals surface area contributed by atoms with Crippen molar-refractivity contribution in [2.75, 3.05) is 6.61 Å². The van der Waals surface area contributed by atoms with Crippen LogP contribution >= 0.6 is 11.6 Å². The van der Waals surface area contributed by atoms with Crippen LogP contribution in [0, 0.1) is 6.92 Å². The maximum atomic E-state index is 11.8. The van der Waals surface area contributed by atoms with E-state index < -0.39 is 0 Å². The van der Waals surface area contributed by atoms with Gasteiger partial charge in [-0.05, 0) is 37.1 Å².